The van der Waals surface area contributed by atoms with Gasteiger partial charge in [-0.25, -0.2) is 0 Å². The van der Waals surface area contributed by atoms with Gasteiger partial charge in [0.25, 0.3) is 5.91 Å². The maximum absolute atomic E-state index is 13.0. The maximum Gasteiger partial charge on any atom is 0.253 e. The number of carbonyl (C=O) groups is 2. The number of likely N-dealkylation sites (tertiary alicyclic amines) is 1. The highest BCUT2D eigenvalue weighted by atomic mass is 16.5. The number of para-hydroxylation sites is 1. The summed E-state index contributed by atoms with van der Waals surface area (Å²) in [6.07, 6.45) is 2.25. The fourth-order valence-corrected chi connectivity index (χ4v) is 4.31. The van der Waals surface area contributed by atoms with E-state index in [9.17, 15) is 9.59 Å². The molecule has 2 aromatic carbocycles. The molecule has 0 atom stereocenters. The molecule has 0 bridgehead atoms. The molecule has 2 heterocycles. The quantitative estimate of drug-likeness (QED) is 0.426. The SMILES string of the molecule is CCCNC(=O)c1ccccc1NC(=O)C1CCN(Cc2nc(-c3ccc(OC)c(OC)c3)no2)CC1. The number of nitrogens with one attached hydrogen (secondary N) is 2. The molecule has 2 N–H and O–H groups in total. The molecule has 0 saturated carbocycles. The van der Waals surface area contributed by atoms with Crippen LogP contribution < -0.4 is 20.1 Å². The minimum atomic E-state index is -0.181. The fourth-order valence-electron chi connectivity index (χ4n) is 4.31. The molecule has 0 spiro atoms. The standard InChI is InChI=1S/C27H33N5O5/c1-4-13-28-27(34)20-7-5-6-8-21(20)29-26(33)18-11-14-32(15-12-18)17-24-30-25(31-37-24)19-9-10-22(35-2)23(16-19)36-3/h5-10,16,18H,4,11-15,17H2,1-3H3,(H,28,34)(H,29,33). The number of carbonyl (C=O) groups excluding carboxylic acids is 2. The van der Waals surface area contributed by atoms with Crippen molar-refractivity contribution >= 4 is 17.5 Å². The third-order valence-corrected chi connectivity index (χ3v) is 6.39. The van der Waals surface area contributed by atoms with E-state index in [0.29, 0.717) is 60.4 Å². The lowest BCUT2D eigenvalue weighted by Gasteiger charge is -2.30. The number of hydrogen-bond acceptors (Lipinski definition) is 8. The van der Waals surface area contributed by atoms with E-state index in [0.717, 1.165) is 25.1 Å². The van der Waals surface area contributed by atoms with Crippen molar-refractivity contribution in [2.45, 2.75) is 32.7 Å². The van der Waals surface area contributed by atoms with Gasteiger partial charge in [-0.15, -0.1) is 0 Å². The van der Waals surface area contributed by atoms with Crippen LogP contribution >= 0.6 is 0 Å². The fraction of sp³-hybridized carbons (Fsp3) is 0.407. The summed E-state index contributed by atoms with van der Waals surface area (Å²) in [6, 6.07) is 12.6. The summed E-state index contributed by atoms with van der Waals surface area (Å²) in [7, 11) is 3.17. The van der Waals surface area contributed by atoms with E-state index in [1.54, 1.807) is 38.5 Å². The Morgan fingerprint density at radius 1 is 1.08 bits per heavy atom. The third kappa shape index (κ3) is 6.45. The molecule has 1 fully saturated rings. The van der Waals surface area contributed by atoms with E-state index in [4.69, 9.17) is 14.0 Å². The highest BCUT2D eigenvalue weighted by Crippen LogP contribution is 2.31. The molecule has 4 rings (SSSR count). The lowest BCUT2D eigenvalue weighted by molar-refractivity contribution is -0.121. The first-order chi connectivity index (χ1) is 18.0. The van der Waals surface area contributed by atoms with Crippen molar-refractivity contribution in [2.24, 2.45) is 5.92 Å². The van der Waals surface area contributed by atoms with Crippen molar-refractivity contribution in [3.05, 3.63) is 53.9 Å². The number of anilines is 1. The topological polar surface area (TPSA) is 119 Å². The van der Waals surface area contributed by atoms with E-state index < -0.39 is 0 Å². The van der Waals surface area contributed by atoms with E-state index in [-0.39, 0.29) is 17.7 Å². The number of ether oxygens (including phenoxy) is 2. The average molecular weight is 508 g/mol. The van der Waals surface area contributed by atoms with E-state index in [1.165, 1.54) is 0 Å². The van der Waals surface area contributed by atoms with Gasteiger partial charge in [-0.2, -0.15) is 4.98 Å². The Balaban J connectivity index is 1.31. The molecule has 2 amide bonds. The summed E-state index contributed by atoms with van der Waals surface area (Å²) < 4.78 is 16.1. The molecule has 10 heteroatoms. The summed E-state index contributed by atoms with van der Waals surface area (Å²) in [5, 5.41) is 9.94. The molecule has 1 saturated heterocycles. The van der Waals surface area contributed by atoms with Gasteiger partial charge in [0.15, 0.2) is 11.5 Å². The number of piperidine rings is 1. The van der Waals surface area contributed by atoms with Gasteiger partial charge >= 0.3 is 0 Å². The van der Waals surface area contributed by atoms with Crippen LogP contribution in [0, 0.1) is 5.92 Å². The smallest absolute Gasteiger partial charge is 0.253 e. The maximum atomic E-state index is 13.0. The van der Waals surface area contributed by atoms with Crippen LogP contribution in [0.15, 0.2) is 47.0 Å². The molecule has 10 nitrogen and oxygen atoms in total. The first kappa shape index (κ1) is 26.2. The van der Waals surface area contributed by atoms with Gasteiger partial charge in [0, 0.05) is 18.0 Å². The van der Waals surface area contributed by atoms with Crippen LogP contribution in [0.5, 0.6) is 11.5 Å². The predicted octanol–water partition coefficient (Wildman–Crippen LogP) is 3.74. The van der Waals surface area contributed by atoms with E-state index in [1.807, 2.05) is 25.1 Å². The number of aromatic nitrogens is 2. The second-order valence-corrected chi connectivity index (χ2v) is 8.92. The van der Waals surface area contributed by atoms with Gasteiger partial charge in [-0.3, -0.25) is 14.5 Å². The lowest BCUT2D eigenvalue weighted by atomic mass is 9.95. The second-order valence-electron chi connectivity index (χ2n) is 8.92. The first-order valence-corrected chi connectivity index (χ1v) is 12.5. The molecular weight excluding hydrogens is 474 g/mol. The lowest BCUT2D eigenvalue weighted by Crippen LogP contribution is -2.38. The molecule has 1 aromatic heterocycles. The summed E-state index contributed by atoms with van der Waals surface area (Å²) in [6.45, 7) is 4.55. The van der Waals surface area contributed by atoms with Crippen LogP contribution in [0.3, 0.4) is 0 Å². The predicted molar refractivity (Wildman–Crippen MR) is 139 cm³/mol. The largest absolute Gasteiger partial charge is 0.493 e. The van der Waals surface area contributed by atoms with Crippen LogP contribution in [-0.4, -0.2) is 60.7 Å². The average Bonchev–Trinajstić information content (AvgIpc) is 3.40. The zero-order valence-corrected chi connectivity index (χ0v) is 21.5. The normalized spacial score (nSPS) is 14.2. The van der Waals surface area contributed by atoms with Gasteiger partial charge in [0.1, 0.15) is 0 Å². The Labute approximate surface area is 216 Å². The number of benzene rings is 2. The van der Waals surface area contributed by atoms with Crippen molar-refractivity contribution in [3.63, 3.8) is 0 Å². The number of amides is 2. The molecular formula is C27H33N5O5. The first-order valence-electron chi connectivity index (χ1n) is 12.5. The summed E-state index contributed by atoms with van der Waals surface area (Å²) >= 11 is 0. The Hall–Kier alpha value is -3.92. The van der Waals surface area contributed by atoms with Crippen molar-refractivity contribution in [2.75, 3.05) is 39.2 Å². The number of rotatable bonds is 10. The van der Waals surface area contributed by atoms with Gasteiger partial charge in [-0.1, -0.05) is 24.2 Å². The van der Waals surface area contributed by atoms with Crippen molar-refractivity contribution in [1.82, 2.24) is 20.4 Å². The highest BCUT2D eigenvalue weighted by Gasteiger charge is 2.27. The Bertz CT molecular complexity index is 1220. The second kappa shape index (κ2) is 12.4. The summed E-state index contributed by atoms with van der Waals surface area (Å²) in [4.78, 5) is 32.1. The minimum Gasteiger partial charge on any atom is -0.493 e. The van der Waals surface area contributed by atoms with E-state index in [2.05, 4.69) is 25.7 Å². The van der Waals surface area contributed by atoms with E-state index >= 15 is 0 Å². The molecule has 37 heavy (non-hydrogen) atoms. The third-order valence-electron chi connectivity index (χ3n) is 6.39. The van der Waals surface area contributed by atoms with Crippen molar-refractivity contribution < 1.29 is 23.6 Å². The molecule has 196 valence electrons. The molecule has 0 aliphatic carbocycles. The van der Waals surface area contributed by atoms with Crippen molar-refractivity contribution in [1.29, 1.82) is 0 Å². The monoisotopic (exact) mass is 507 g/mol. The van der Waals surface area contributed by atoms with Gasteiger partial charge in [-0.05, 0) is 62.7 Å². The Morgan fingerprint density at radius 3 is 2.57 bits per heavy atom. The molecule has 1 aliphatic rings. The Kier molecular flexibility index (Phi) is 8.73. The van der Waals surface area contributed by atoms with Crippen LogP contribution in [0.25, 0.3) is 11.4 Å². The van der Waals surface area contributed by atoms with Crippen LogP contribution in [0.2, 0.25) is 0 Å². The Morgan fingerprint density at radius 2 is 1.84 bits per heavy atom. The van der Waals surface area contributed by atoms with Crippen LogP contribution in [-0.2, 0) is 11.3 Å². The molecule has 0 unspecified atom stereocenters. The van der Waals surface area contributed by atoms with Crippen LogP contribution in [0.1, 0.15) is 42.4 Å². The number of nitrogens with zero attached hydrogens (tertiary/aromatic N) is 3. The zero-order valence-electron chi connectivity index (χ0n) is 21.5. The highest BCUT2D eigenvalue weighted by molar-refractivity contribution is 6.04. The molecule has 3 aromatic rings. The van der Waals surface area contributed by atoms with Crippen molar-refractivity contribution in [3.8, 4) is 22.9 Å². The van der Waals surface area contributed by atoms with Gasteiger partial charge in [0.2, 0.25) is 17.6 Å². The van der Waals surface area contributed by atoms with Gasteiger partial charge in [0.05, 0.1) is 32.0 Å². The summed E-state index contributed by atoms with van der Waals surface area (Å²) in [5.74, 6) is 1.84. The number of methoxy groups -OCH3 is 2. The molecule has 0 radical (unpaired) electrons. The van der Waals surface area contributed by atoms with Crippen LogP contribution in [0.4, 0.5) is 5.69 Å². The molecule has 1 aliphatic heterocycles. The summed E-state index contributed by atoms with van der Waals surface area (Å²) in [5.41, 5.74) is 1.78. The zero-order chi connectivity index (χ0) is 26.2. The minimum absolute atomic E-state index is 0.0658. The van der Waals surface area contributed by atoms with Gasteiger partial charge < -0.3 is 24.6 Å². The number of hydrogen-bond donors (Lipinski definition) is 2.